The summed E-state index contributed by atoms with van der Waals surface area (Å²) in [5, 5.41) is 0. The first kappa shape index (κ1) is 9.50. The Kier molecular flexibility index (Phi) is 3.52. The lowest BCUT2D eigenvalue weighted by Crippen LogP contribution is -1.94. The molecule has 0 heterocycles. The van der Waals surface area contributed by atoms with Crippen LogP contribution < -0.4 is 0 Å². The molecule has 3 heteroatoms. The minimum Gasteiger partial charge on any atom is -0.0573 e. The molecule has 0 unspecified atom stereocenters. The van der Waals surface area contributed by atoms with Crippen molar-refractivity contribution in [1.82, 2.24) is 0 Å². The molecule has 0 saturated heterocycles. The van der Waals surface area contributed by atoms with Gasteiger partial charge in [-0.2, -0.15) is 0 Å². The summed E-state index contributed by atoms with van der Waals surface area (Å²) in [5.41, 5.74) is 4.43. The van der Waals surface area contributed by atoms with Crippen molar-refractivity contribution in [3.63, 3.8) is 0 Å². The first-order valence-electron chi connectivity index (χ1n) is 4.91. The highest BCUT2D eigenvalue weighted by atomic mass is 14.0. The number of hydrogen-bond donors (Lipinski definition) is 0. The molecule has 1 aromatic carbocycles. The van der Waals surface area contributed by atoms with Gasteiger partial charge in [0, 0.05) is 0 Å². The Morgan fingerprint density at radius 3 is 1.08 bits per heavy atom. The second-order valence-corrected chi connectivity index (χ2v) is 3.22. The maximum Gasteiger partial charge on any atom is 0.107 e. The summed E-state index contributed by atoms with van der Waals surface area (Å²) in [4.78, 5) is 0. The van der Waals surface area contributed by atoms with Crippen molar-refractivity contribution in [1.29, 1.82) is 0 Å². The molecule has 0 fully saturated rings. The largest absolute Gasteiger partial charge is 0.107 e. The second-order valence-electron chi connectivity index (χ2n) is 3.22. The van der Waals surface area contributed by atoms with Gasteiger partial charge < -0.3 is 0 Å². The first-order chi connectivity index (χ1) is 5.80. The fourth-order valence-electron chi connectivity index (χ4n) is 1.45. The van der Waals surface area contributed by atoms with E-state index in [2.05, 4.69) is 41.7 Å². The predicted molar refractivity (Wildman–Crippen MR) is 63.2 cm³/mol. The Hall–Kier alpha value is -0.585. The minimum atomic E-state index is 1.15. The fraction of sp³-hybridized carbons (Fsp3) is 0.333. The second kappa shape index (κ2) is 4.44. The lowest BCUT2D eigenvalue weighted by Gasteiger charge is -2.05. The van der Waals surface area contributed by atoms with Crippen molar-refractivity contribution < 1.29 is 0 Å². The molecule has 1 aromatic rings. The van der Waals surface area contributed by atoms with Crippen LogP contribution in [0.3, 0.4) is 0 Å². The van der Waals surface area contributed by atoms with Gasteiger partial charge in [0.15, 0.2) is 0 Å². The van der Waals surface area contributed by atoms with Gasteiger partial charge in [-0.3, -0.25) is 0 Å². The average Bonchev–Trinajstić information content (AvgIpc) is 2.16. The topological polar surface area (TPSA) is 0 Å². The van der Waals surface area contributed by atoms with Crippen LogP contribution in [0.25, 0.3) is 0 Å². The highest BCUT2D eigenvalue weighted by molar-refractivity contribution is 6.10. The van der Waals surface area contributed by atoms with Crippen molar-refractivity contribution in [3.8, 4) is 0 Å². The lowest BCUT2D eigenvalue weighted by molar-refractivity contribution is 1.25. The van der Waals surface area contributed by atoms with Gasteiger partial charge in [0.2, 0.25) is 0 Å². The third-order valence-corrected chi connectivity index (χ3v) is 2.34. The van der Waals surface area contributed by atoms with E-state index < -0.39 is 0 Å². The fourth-order valence-corrected chi connectivity index (χ4v) is 1.45. The third-order valence-electron chi connectivity index (χ3n) is 2.34. The van der Waals surface area contributed by atoms with Crippen LogP contribution in [0, 0.1) is 0 Å². The zero-order valence-corrected chi connectivity index (χ0v) is 8.35. The van der Waals surface area contributed by atoms with Gasteiger partial charge in [-0.25, -0.2) is 0 Å². The summed E-state index contributed by atoms with van der Waals surface area (Å²) in [7, 11) is 6.65. The molecule has 0 spiro atoms. The van der Waals surface area contributed by atoms with Crippen molar-refractivity contribution in [3.05, 3.63) is 34.9 Å². The molecule has 0 atom stereocenters. The van der Waals surface area contributed by atoms with Crippen molar-refractivity contribution in [2.75, 3.05) is 0 Å². The summed E-state index contributed by atoms with van der Waals surface area (Å²) in [5.74, 6) is 0. The van der Waals surface area contributed by atoms with Crippen LogP contribution in [-0.4, -0.2) is 23.5 Å². The Balaban J connectivity index is 3.01. The molecular formula is C9H15B3. The molecule has 0 saturated carbocycles. The smallest absolute Gasteiger partial charge is 0.0573 e. The highest BCUT2D eigenvalue weighted by Gasteiger charge is 1.96. The molecule has 1 rings (SSSR count). The molecule has 0 nitrogen and oxygen atoms in total. The van der Waals surface area contributed by atoms with Gasteiger partial charge in [-0.15, -0.1) is 0 Å². The normalized spacial score (nSPS) is 10.0. The van der Waals surface area contributed by atoms with Crippen LogP contribution in [0.2, 0.25) is 0 Å². The number of hydrogen-bond acceptors (Lipinski definition) is 0. The van der Waals surface area contributed by atoms with Crippen LogP contribution in [0.15, 0.2) is 18.2 Å². The molecule has 0 aliphatic carbocycles. The number of benzene rings is 1. The van der Waals surface area contributed by atoms with Gasteiger partial charge in [0.1, 0.15) is 23.5 Å². The molecule has 0 aromatic heterocycles. The predicted octanol–water partition coefficient (Wildman–Crippen LogP) is -0.914. The van der Waals surface area contributed by atoms with Crippen molar-refractivity contribution in [2.24, 2.45) is 0 Å². The Morgan fingerprint density at radius 1 is 0.667 bits per heavy atom. The Bertz CT molecular complexity index is 203. The maximum absolute atomic E-state index is 2.32. The van der Waals surface area contributed by atoms with E-state index in [9.17, 15) is 0 Å². The van der Waals surface area contributed by atoms with E-state index in [-0.39, 0.29) is 0 Å². The number of rotatable bonds is 3. The Morgan fingerprint density at radius 2 is 0.917 bits per heavy atom. The molecule has 12 heavy (non-hydrogen) atoms. The molecular weight excluding hydrogens is 141 g/mol. The SMILES string of the molecule is BCc1cc(CB)cc(CB)c1. The molecule has 0 radical (unpaired) electrons. The monoisotopic (exact) mass is 156 g/mol. The van der Waals surface area contributed by atoms with E-state index in [1.165, 1.54) is 16.7 Å². The molecule has 0 bridgehead atoms. The van der Waals surface area contributed by atoms with Crippen LogP contribution in [-0.2, 0) is 19.0 Å². The van der Waals surface area contributed by atoms with Gasteiger partial charge >= 0.3 is 0 Å². The molecule has 0 N–H and O–H groups in total. The van der Waals surface area contributed by atoms with Gasteiger partial charge in [-0.05, 0) is 0 Å². The lowest BCUT2D eigenvalue weighted by atomic mass is 9.86. The van der Waals surface area contributed by atoms with E-state index in [1.54, 1.807) is 0 Å². The van der Waals surface area contributed by atoms with E-state index in [1.807, 2.05) is 0 Å². The van der Waals surface area contributed by atoms with E-state index >= 15 is 0 Å². The summed E-state index contributed by atoms with van der Waals surface area (Å²) in [6.07, 6.45) is 3.46. The van der Waals surface area contributed by atoms with E-state index in [0.29, 0.717) is 0 Å². The zero-order chi connectivity index (χ0) is 8.97. The zero-order valence-electron chi connectivity index (χ0n) is 8.35. The van der Waals surface area contributed by atoms with Crippen LogP contribution >= 0.6 is 0 Å². The van der Waals surface area contributed by atoms with Crippen molar-refractivity contribution in [2.45, 2.75) is 19.0 Å². The van der Waals surface area contributed by atoms with Gasteiger partial charge in [-0.1, -0.05) is 53.8 Å². The summed E-state index contributed by atoms with van der Waals surface area (Å²) in [6.45, 7) is 0. The van der Waals surface area contributed by atoms with E-state index in [4.69, 9.17) is 0 Å². The standard InChI is InChI=1S/C9H15B3/c10-4-7-1-8(5-11)3-9(2-7)6-12/h1-3H,4-6,10-12H2. The summed E-state index contributed by atoms with van der Waals surface area (Å²) >= 11 is 0. The van der Waals surface area contributed by atoms with Crippen LogP contribution in [0.4, 0.5) is 0 Å². The molecule has 60 valence electrons. The quantitative estimate of drug-likeness (QED) is 0.496. The summed E-state index contributed by atoms with van der Waals surface area (Å²) < 4.78 is 0. The van der Waals surface area contributed by atoms with E-state index in [0.717, 1.165) is 19.0 Å². The highest BCUT2D eigenvalue weighted by Crippen LogP contribution is 2.10. The molecule has 0 amide bonds. The third kappa shape index (κ3) is 2.20. The van der Waals surface area contributed by atoms with Gasteiger partial charge in [0.25, 0.3) is 0 Å². The van der Waals surface area contributed by atoms with Crippen molar-refractivity contribution >= 4 is 23.5 Å². The van der Waals surface area contributed by atoms with Gasteiger partial charge in [0.05, 0.1) is 0 Å². The first-order valence-corrected chi connectivity index (χ1v) is 4.91. The minimum absolute atomic E-state index is 1.15. The maximum atomic E-state index is 2.32. The molecule has 0 aliphatic heterocycles. The molecule has 0 aliphatic rings. The van der Waals surface area contributed by atoms with Crippen LogP contribution in [0.5, 0.6) is 0 Å². The van der Waals surface area contributed by atoms with Crippen LogP contribution in [0.1, 0.15) is 16.7 Å². The Labute approximate surface area is 78.0 Å². The summed E-state index contributed by atoms with van der Waals surface area (Å²) in [6, 6.07) is 6.96. The average molecular weight is 156 g/mol.